The van der Waals surface area contributed by atoms with Crippen LogP contribution in [0.15, 0.2) is 89.0 Å². The number of allylic oxidation sites excluding steroid dienone is 1. The Morgan fingerprint density at radius 2 is 1.82 bits per heavy atom. The Kier molecular flexibility index (Phi) is 8.55. The minimum absolute atomic E-state index is 0.195. The predicted molar refractivity (Wildman–Crippen MR) is 132 cm³/mol. The summed E-state index contributed by atoms with van der Waals surface area (Å²) in [6.07, 6.45) is 3.83. The van der Waals surface area contributed by atoms with Crippen LogP contribution < -0.4 is 14.9 Å². The Hall–Kier alpha value is -3.71. The fraction of sp³-hybridized carbons (Fsp3) is 0.115. The van der Waals surface area contributed by atoms with Gasteiger partial charge in [-0.05, 0) is 54.8 Å². The number of hydrogen-bond acceptors (Lipinski definition) is 5. The van der Waals surface area contributed by atoms with E-state index in [1.807, 2.05) is 37.3 Å². The molecule has 0 saturated carbocycles. The van der Waals surface area contributed by atoms with Crippen molar-refractivity contribution in [3.8, 4) is 11.5 Å². The van der Waals surface area contributed by atoms with Crippen LogP contribution in [0.4, 0.5) is 0 Å². The van der Waals surface area contributed by atoms with Crippen molar-refractivity contribution in [2.24, 2.45) is 5.10 Å². The first-order valence-corrected chi connectivity index (χ1v) is 11.0. The molecule has 168 valence electrons. The number of nitrogens with one attached hydrogen (secondary N) is 1. The average molecular weight is 507 g/mol. The molecule has 0 aliphatic carbocycles. The lowest BCUT2D eigenvalue weighted by Crippen LogP contribution is -2.24. The zero-order valence-electron chi connectivity index (χ0n) is 18.1. The van der Waals surface area contributed by atoms with E-state index in [4.69, 9.17) is 9.47 Å². The molecular weight excluding hydrogens is 484 g/mol. The minimum atomic E-state index is -0.472. The number of benzene rings is 3. The van der Waals surface area contributed by atoms with Crippen molar-refractivity contribution in [3.63, 3.8) is 0 Å². The van der Waals surface area contributed by atoms with Crippen molar-refractivity contribution in [2.45, 2.75) is 13.3 Å². The fourth-order valence-corrected chi connectivity index (χ4v) is 3.37. The van der Waals surface area contributed by atoms with Gasteiger partial charge in [0.05, 0.1) is 11.8 Å². The summed E-state index contributed by atoms with van der Waals surface area (Å²) < 4.78 is 11.9. The zero-order chi connectivity index (χ0) is 23.6. The quantitative estimate of drug-likeness (QED) is 0.141. The molecule has 0 aromatic heterocycles. The van der Waals surface area contributed by atoms with E-state index in [0.717, 1.165) is 15.6 Å². The van der Waals surface area contributed by atoms with Gasteiger partial charge >= 0.3 is 5.97 Å². The maximum atomic E-state index is 12.6. The number of hydrazone groups is 1. The van der Waals surface area contributed by atoms with E-state index in [0.29, 0.717) is 29.0 Å². The first kappa shape index (κ1) is 23.9. The number of aryl methyl sites for hydroxylation is 1. The van der Waals surface area contributed by atoms with Crippen molar-refractivity contribution >= 4 is 34.0 Å². The van der Waals surface area contributed by atoms with Gasteiger partial charge in [0, 0.05) is 10.0 Å². The van der Waals surface area contributed by atoms with Crippen LogP contribution in [0.2, 0.25) is 0 Å². The number of carbonyl (C=O) groups is 2. The van der Waals surface area contributed by atoms with Gasteiger partial charge in [-0.2, -0.15) is 5.10 Å². The van der Waals surface area contributed by atoms with E-state index < -0.39 is 11.9 Å². The highest BCUT2D eigenvalue weighted by Gasteiger charge is 2.13. The highest BCUT2D eigenvalue weighted by molar-refractivity contribution is 9.10. The number of nitrogens with zero attached hydrogens (tertiary/aromatic N) is 1. The number of hydrogen-bond donors (Lipinski definition) is 1. The third kappa shape index (κ3) is 6.89. The minimum Gasteiger partial charge on any atom is -0.483 e. The summed E-state index contributed by atoms with van der Waals surface area (Å²) in [7, 11) is 0. The van der Waals surface area contributed by atoms with Gasteiger partial charge in [-0.25, -0.2) is 10.2 Å². The summed E-state index contributed by atoms with van der Waals surface area (Å²) >= 11 is 3.39. The van der Waals surface area contributed by atoms with Crippen LogP contribution in [0.3, 0.4) is 0 Å². The summed E-state index contributed by atoms with van der Waals surface area (Å²) in [5.74, 6) is 0.0433. The van der Waals surface area contributed by atoms with Gasteiger partial charge in [-0.1, -0.05) is 58.4 Å². The molecule has 6 nitrogen and oxygen atoms in total. The number of halogens is 1. The van der Waals surface area contributed by atoms with Crippen molar-refractivity contribution in [3.05, 3.63) is 106 Å². The number of para-hydroxylation sites is 1. The molecular formula is C26H23BrN2O4. The van der Waals surface area contributed by atoms with Crippen molar-refractivity contribution in [1.82, 2.24) is 5.43 Å². The Balaban J connectivity index is 1.63. The Labute approximate surface area is 201 Å². The zero-order valence-corrected chi connectivity index (χ0v) is 19.7. The molecule has 1 amide bonds. The maximum absolute atomic E-state index is 12.6. The second-order valence-corrected chi connectivity index (χ2v) is 7.98. The maximum Gasteiger partial charge on any atom is 0.343 e. The van der Waals surface area contributed by atoms with Crippen LogP contribution in [0.5, 0.6) is 11.5 Å². The third-order valence-corrected chi connectivity index (χ3v) is 5.12. The summed E-state index contributed by atoms with van der Waals surface area (Å²) in [5, 5.41) is 3.98. The molecule has 0 aliphatic rings. The number of rotatable bonds is 9. The van der Waals surface area contributed by atoms with Crippen LogP contribution in [-0.4, -0.2) is 24.7 Å². The predicted octanol–water partition coefficient (Wildman–Crippen LogP) is 5.23. The topological polar surface area (TPSA) is 77.0 Å². The molecule has 0 fully saturated rings. The van der Waals surface area contributed by atoms with Crippen molar-refractivity contribution in [2.75, 3.05) is 6.61 Å². The van der Waals surface area contributed by atoms with Crippen LogP contribution in [0, 0.1) is 6.92 Å². The molecule has 0 saturated heterocycles. The van der Waals surface area contributed by atoms with Crippen LogP contribution >= 0.6 is 15.9 Å². The molecule has 3 rings (SSSR count). The molecule has 0 bridgehead atoms. The monoisotopic (exact) mass is 506 g/mol. The van der Waals surface area contributed by atoms with E-state index in [1.54, 1.807) is 42.5 Å². The second kappa shape index (κ2) is 11.8. The Morgan fingerprint density at radius 3 is 2.61 bits per heavy atom. The summed E-state index contributed by atoms with van der Waals surface area (Å²) in [5.41, 5.74) is 5.18. The van der Waals surface area contributed by atoms with E-state index in [2.05, 4.69) is 33.0 Å². The van der Waals surface area contributed by atoms with Gasteiger partial charge in [-0.3, -0.25) is 4.79 Å². The molecule has 3 aromatic carbocycles. The fourth-order valence-electron chi connectivity index (χ4n) is 2.99. The lowest BCUT2D eigenvalue weighted by molar-refractivity contribution is -0.123. The number of ether oxygens (including phenoxy) is 2. The lowest BCUT2D eigenvalue weighted by atomic mass is 10.1. The lowest BCUT2D eigenvalue weighted by Gasteiger charge is -2.10. The highest BCUT2D eigenvalue weighted by atomic mass is 79.9. The van der Waals surface area contributed by atoms with Gasteiger partial charge in [0.25, 0.3) is 5.91 Å². The van der Waals surface area contributed by atoms with Crippen LogP contribution in [0.1, 0.15) is 27.0 Å². The highest BCUT2D eigenvalue weighted by Crippen LogP contribution is 2.23. The Morgan fingerprint density at radius 1 is 1.06 bits per heavy atom. The number of carbonyl (C=O) groups excluding carboxylic acids is 2. The van der Waals surface area contributed by atoms with Crippen molar-refractivity contribution < 1.29 is 19.1 Å². The molecule has 0 aliphatic heterocycles. The van der Waals surface area contributed by atoms with Crippen molar-refractivity contribution in [1.29, 1.82) is 0 Å². The standard InChI is InChI=1S/C26H23BrN2O4/c1-3-8-19-10-5-7-12-23(19)32-17-25(30)29-28-16-20-15-21(27)13-14-24(20)33-26(31)22-11-6-4-9-18(22)2/h3-7,9-16H,1,8,17H2,2H3,(H,29,30)/b28-16-. The van der Waals surface area contributed by atoms with Gasteiger partial charge in [-0.15, -0.1) is 6.58 Å². The molecule has 0 spiro atoms. The molecule has 0 unspecified atom stereocenters. The second-order valence-electron chi connectivity index (χ2n) is 7.07. The third-order valence-electron chi connectivity index (χ3n) is 4.63. The SMILES string of the molecule is C=CCc1ccccc1OCC(=O)N/N=C\c1cc(Br)ccc1OC(=O)c1ccccc1C. The van der Waals surface area contributed by atoms with E-state index in [9.17, 15) is 9.59 Å². The first-order chi connectivity index (χ1) is 16.0. The molecule has 3 aromatic rings. The molecule has 1 N–H and O–H groups in total. The average Bonchev–Trinajstić information content (AvgIpc) is 2.80. The van der Waals surface area contributed by atoms with Crippen LogP contribution in [0.25, 0.3) is 0 Å². The first-order valence-electron chi connectivity index (χ1n) is 10.2. The Bertz CT molecular complexity index is 1190. The number of amides is 1. The largest absolute Gasteiger partial charge is 0.483 e. The van der Waals surface area contributed by atoms with Gasteiger partial charge in [0.2, 0.25) is 0 Å². The normalized spacial score (nSPS) is 10.6. The van der Waals surface area contributed by atoms with E-state index in [1.165, 1.54) is 6.21 Å². The molecule has 7 heteroatoms. The van der Waals surface area contributed by atoms with Gasteiger partial charge in [0.15, 0.2) is 6.61 Å². The molecule has 0 radical (unpaired) electrons. The smallest absolute Gasteiger partial charge is 0.343 e. The van der Waals surface area contributed by atoms with Gasteiger partial charge in [0.1, 0.15) is 11.5 Å². The summed E-state index contributed by atoms with van der Waals surface area (Å²) in [6, 6.07) is 19.8. The molecule has 33 heavy (non-hydrogen) atoms. The van der Waals surface area contributed by atoms with Gasteiger partial charge < -0.3 is 9.47 Å². The van der Waals surface area contributed by atoms with Crippen LogP contribution in [-0.2, 0) is 11.2 Å². The molecule has 0 atom stereocenters. The molecule has 0 heterocycles. The summed E-state index contributed by atoms with van der Waals surface area (Å²) in [4.78, 5) is 24.7. The number of esters is 1. The van der Waals surface area contributed by atoms with E-state index >= 15 is 0 Å². The summed E-state index contributed by atoms with van der Waals surface area (Å²) in [6.45, 7) is 5.37. The van der Waals surface area contributed by atoms with E-state index in [-0.39, 0.29) is 6.61 Å².